The van der Waals surface area contributed by atoms with Crippen molar-refractivity contribution in [2.45, 2.75) is 11.9 Å². The summed E-state index contributed by atoms with van der Waals surface area (Å²) in [5.41, 5.74) is 1.31. The number of amides is 1. The number of para-hydroxylation sites is 2. The van der Waals surface area contributed by atoms with Crippen LogP contribution in [0.1, 0.15) is 15.9 Å². The number of benzene rings is 2. The van der Waals surface area contributed by atoms with Crippen molar-refractivity contribution >= 4 is 17.6 Å². The summed E-state index contributed by atoms with van der Waals surface area (Å²) < 4.78 is 16.6. The summed E-state index contributed by atoms with van der Waals surface area (Å²) >= 11 is 0. The molecule has 7 heteroatoms. The Morgan fingerprint density at radius 2 is 2.00 bits per heavy atom. The summed E-state index contributed by atoms with van der Waals surface area (Å²) in [4.78, 5) is 24.3. The molecule has 1 fully saturated rings. The first-order valence-electron chi connectivity index (χ1n) is 7.78. The second-order valence-corrected chi connectivity index (χ2v) is 5.78. The Kier molecular flexibility index (Phi) is 3.67. The highest BCUT2D eigenvalue weighted by atomic mass is 16.8. The van der Waals surface area contributed by atoms with E-state index in [9.17, 15) is 14.7 Å². The number of ether oxygens (including phenoxy) is 3. The minimum atomic E-state index is -1.50. The maximum Gasteiger partial charge on any atom is 0.342 e. The maximum absolute atomic E-state index is 12.3. The van der Waals surface area contributed by atoms with Gasteiger partial charge in [-0.15, -0.1) is 0 Å². The molecule has 2 aromatic carbocycles. The lowest BCUT2D eigenvalue weighted by Crippen LogP contribution is -2.36. The summed E-state index contributed by atoms with van der Waals surface area (Å²) in [5.74, 6) is -2.72. The topological polar surface area (TPSA) is 94.1 Å². The molecule has 2 unspecified atom stereocenters. The van der Waals surface area contributed by atoms with Gasteiger partial charge in [0, 0.05) is 5.56 Å². The number of esters is 1. The van der Waals surface area contributed by atoms with E-state index in [1.54, 1.807) is 36.4 Å². The van der Waals surface area contributed by atoms with Crippen molar-refractivity contribution in [3.8, 4) is 5.75 Å². The second kappa shape index (κ2) is 5.87. The number of rotatable bonds is 3. The zero-order chi connectivity index (χ0) is 17.4. The first-order chi connectivity index (χ1) is 12.1. The minimum Gasteiger partial charge on any atom is -0.507 e. The highest BCUT2D eigenvalue weighted by Gasteiger charge is 2.55. The van der Waals surface area contributed by atoms with E-state index in [0.717, 1.165) is 0 Å². The lowest BCUT2D eigenvalue weighted by atomic mass is 10.1. The molecular formula is C18H15NO6. The fraction of sp³-hybridized carbons (Fsp3) is 0.222. The average Bonchev–Trinajstić information content (AvgIpc) is 3.17. The van der Waals surface area contributed by atoms with Crippen LogP contribution in [0, 0.1) is 0 Å². The van der Waals surface area contributed by atoms with Crippen LogP contribution in [0.3, 0.4) is 0 Å². The van der Waals surface area contributed by atoms with Gasteiger partial charge in [0.05, 0.1) is 12.3 Å². The van der Waals surface area contributed by atoms with Gasteiger partial charge in [0.25, 0.3) is 11.7 Å². The van der Waals surface area contributed by atoms with E-state index in [1.807, 2.05) is 0 Å². The molecule has 2 atom stereocenters. The summed E-state index contributed by atoms with van der Waals surface area (Å²) in [6.07, 6.45) is -0.591. The Morgan fingerprint density at radius 3 is 2.84 bits per heavy atom. The highest BCUT2D eigenvalue weighted by Crippen LogP contribution is 2.43. The number of anilines is 1. The fourth-order valence-corrected chi connectivity index (χ4v) is 2.95. The smallest absolute Gasteiger partial charge is 0.342 e. The van der Waals surface area contributed by atoms with Crippen LogP contribution >= 0.6 is 0 Å². The molecule has 2 N–H and O–H groups in total. The van der Waals surface area contributed by atoms with Gasteiger partial charge in [0.15, 0.2) is 0 Å². The molecule has 0 aliphatic carbocycles. The molecule has 1 saturated heterocycles. The van der Waals surface area contributed by atoms with Gasteiger partial charge in [-0.3, -0.25) is 4.79 Å². The quantitative estimate of drug-likeness (QED) is 0.827. The molecule has 25 heavy (non-hydrogen) atoms. The molecule has 128 valence electrons. The zero-order valence-corrected chi connectivity index (χ0v) is 13.1. The molecule has 0 bridgehead atoms. The first-order valence-corrected chi connectivity index (χ1v) is 7.78. The number of aromatic hydroxyl groups is 1. The number of carbonyl (C=O) groups is 2. The Balaban J connectivity index is 1.45. The van der Waals surface area contributed by atoms with Crippen molar-refractivity contribution in [3.63, 3.8) is 0 Å². The molecule has 2 aromatic rings. The number of phenols is 1. The largest absolute Gasteiger partial charge is 0.507 e. The molecule has 7 nitrogen and oxygen atoms in total. The standard InChI is InChI=1S/C18H15NO6/c20-15-8-4-1-5-12(15)16(21)23-9-11-10-24-18(25-11)13-6-2-3-7-14(13)19-17(18)22/h1-8,11,20H,9-10H2,(H,19,22). The fourth-order valence-electron chi connectivity index (χ4n) is 2.95. The molecule has 0 aromatic heterocycles. The predicted octanol–water partition coefficient (Wildman–Crippen LogP) is 1.77. The van der Waals surface area contributed by atoms with Crippen molar-refractivity contribution in [2.24, 2.45) is 0 Å². The third-order valence-electron chi connectivity index (χ3n) is 4.16. The Hall–Kier alpha value is -2.90. The summed E-state index contributed by atoms with van der Waals surface area (Å²) in [6, 6.07) is 13.2. The van der Waals surface area contributed by atoms with Crippen LogP contribution in [0.25, 0.3) is 0 Å². The summed E-state index contributed by atoms with van der Waals surface area (Å²) in [5, 5.41) is 12.4. The van der Waals surface area contributed by atoms with Crippen molar-refractivity contribution < 1.29 is 28.9 Å². The van der Waals surface area contributed by atoms with E-state index >= 15 is 0 Å². The monoisotopic (exact) mass is 341 g/mol. The second-order valence-electron chi connectivity index (χ2n) is 5.78. The Labute approximate surface area is 143 Å². The minimum absolute atomic E-state index is 0.0695. The van der Waals surface area contributed by atoms with E-state index in [1.165, 1.54) is 12.1 Å². The third kappa shape index (κ3) is 2.54. The van der Waals surface area contributed by atoms with Crippen LogP contribution in [-0.4, -0.2) is 36.3 Å². The maximum atomic E-state index is 12.3. The van der Waals surface area contributed by atoms with E-state index in [-0.39, 0.29) is 24.5 Å². The molecule has 4 rings (SSSR count). The molecule has 2 aliphatic rings. The van der Waals surface area contributed by atoms with Crippen LogP contribution in [0.15, 0.2) is 48.5 Å². The van der Waals surface area contributed by atoms with Gasteiger partial charge in [-0.25, -0.2) is 4.79 Å². The number of fused-ring (bicyclic) bond motifs is 2. The van der Waals surface area contributed by atoms with Crippen molar-refractivity contribution in [2.75, 3.05) is 18.5 Å². The first kappa shape index (κ1) is 15.6. The van der Waals surface area contributed by atoms with Crippen molar-refractivity contribution in [1.82, 2.24) is 0 Å². The molecule has 0 saturated carbocycles. The molecule has 0 radical (unpaired) electrons. The SMILES string of the molecule is O=C(OCC1COC2(O1)C(=O)Nc1ccccc12)c1ccccc1O. The van der Waals surface area contributed by atoms with Gasteiger partial charge in [-0.2, -0.15) is 0 Å². The van der Waals surface area contributed by atoms with Crippen molar-refractivity contribution in [1.29, 1.82) is 0 Å². The molecule has 1 amide bonds. The lowest BCUT2D eigenvalue weighted by molar-refractivity contribution is -0.185. The third-order valence-corrected chi connectivity index (χ3v) is 4.16. The number of hydrogen-bond acceptors (Lipinski definition) is 6. The summed E-state index contributed by atoms with van der Waals surface area (Å²) in [6.45, 7) is 0.0141. The van der Waals surface area contributed by atoms with Crippen LogP contribution in [0.2, 0.25) is 0 Å². The van der Waals surface area contributed by atoms with Gasteiger partial charge >= 0.3 is 5.97 Å². The Morgan fingerprint density at radius 1 is 1.24 bits per heavy atom. The van der Waals surface area contributed by atoms with E-state index in [0.29, 0.717) is 11.3 Å². The van der Waals surface area contributed by atoms with Crippen LogP contribution in [0.4, 0.5) is 5.69 Å². The number of carbonyl (C=O) groups excluding carboxylic acids is 2. The number of nitrogens with one attached hydrogen (secondary N) is 1. The molecular weight excluding hydrogens is 326 g/mol. The van der Waals surface area contributed by atoms with Gasteiger partial charge in [-0.1, -0.05) is 30.3 Å². The number of hydrogen-bond donors (Lipinski definition) is 2. The predicted molar refractivity (Wildman–Crippen MR) is 86.0 cm³/mol. The molecule has 1 spiro atoms. The average molecular weight is 341 g/mol. The van der Waals surface area contributed by atoms with E-state index in [2.05, 4.69) is 5.32 Å². The van der Waals surface area contributed by atoms with Gasteiger partial charge in [0.1, 0.15) is 24.0 Å². The highest BCUT2D eigenvalue weighted by molar-refractivity contribution is 6.04. The van der Waals surface area contributed by atoms with Gasteiger partial charge < -0.3 is 24.6 Å². The summed E-state index contributed by atoms with van der Waals surface area (Å²) in [7, 11) is 0. The van der Waals surface area contributed by atoms with E-state index in [4.69, 9.17) is 14.2 Å². The lowest BCUT2D eigenvalue weighted by Gasteiger charge is -2.20. The molecule has 2 heterocycles. The van der Waals surface area contributed by atoms with Crippen LogP contribution in [0.5, 0.6) is 5.75 Å². The van der Waals surface area contributed by atoms with Crippen molar-refractivity contribution in [3.05, 3.63) is 59.7 Å². The van der Waals surface area contributed by atoms with Crippen LogP contribution < -0.4 is 5.32 Å². The van der Waals surface area contributed by atoms with E-state index < -0.39 is 23.8 Å². The number of phenolic OH excluding ortho intramolecular Hbond substituents is 1. The normalized spacial score (nSPS) is 24.2. The van der Waals surface area contributed by atoms with Gasteiger partial charge in [-0.05, 0) is 18.2 Å². The van der Waals surface area contributed by atoms with Gasteiger partial charge in [0.2, 0.25) is 0 Å². The van der Waals surface area contributed by atoms with Crippen LogP contribution in [-0.2, 0) is 24.8 Å². The Bertz CT molecular complexity index is 851. The molecule has 2 aliphatic heterocycles. The zero-order valence-electron chi connectivity index (χ0n) is 13.1.